The number of Topliss-reactive ketones (excluding diaryl/α,β-unsaturated/α-hetero) is 1. The molecular weight excluding hydrogens is 332 g/mol. The summed E-state index contributed by atoms with van der Waals surface area (Å²) < 4.78 is 7.48. The smallest absolute Gasteiger partial charge is 0.186 e. The van der Waals surface area contributed by atoms with Gasteiger partial charge in [-0.3, -0.25) is 9.48 Å². The first-order chi connectivity index (χ1) is 10.0. The van der Waals surface area contributed by atoms with E-state index in [2.05, 4.69) is 39.2 Å². The average Bonchev–Trinajstić information content (AvgIpc) is 2.81. The molecule has 0 aliphatic rings. The molecule has 0 atom stereocenters. The van der Waals surface area contributed by atoms with Gasteiger partial charge in [-0.2, -0.15) is 5.10 Å². The fraction of sp³-hybridized carbons (Fsp3) is 0.375. The molecule has 0 radical (unpaired) electrons. The number of ketones is 1. The highest BCUT2D eigenvalue weighted by atomic mass is 79.9. The normalized spacial score (nSPS) is 10.9. The van der Waals surface area contributed by atoms with Gasteiger partial charge < -0.3 is 4.74 Å². The first kappa shape index (κ1) is 15.9. The van der Waals surface area contributed by atoms with Crippen LogP contribution in [-0.2, 0) is 17.7 Å². The molecule has 1 aromatic heterocycles. The zero-order valence-electron chi connectivity index (χ0n) is 12.5. The fourth-order valence-corrected chi connectivity index (χ4v) is 2.75. The third-order valence-electron chi connectivity index (χ3n) is 3.42. The molecular formula is C16H19BrN2O2. The van der Waals surface area contributed by atoms with E-state index >= 15 is 0 Å². The first-order valence-electron chi connectivity index (χ1n) is 6.82. The topological polar surface area (TPSA) is 44.1 Å². The van der Waals surface area contributed by atoms with E-state index in [4.69, 9.17) is 4.74 Å². The number of ether oxygens (including phenoxy) is 1. The number of hydrogen-bond donors (Lipinski definition) is 0. The Labute approximate surface area is 133 Å². The lowest BCUT2D eigenvalue weighted by Gasteiger charge is -2.09. The van der Waals surface area contributed by atoms with E-state index in [9.17, 15) is 4.79 Å². The Morgan fingerprint density at radius 3 is 2.86 bits per heavy atom. The number of aryl methyl sites for hydroxylation is 2. The summed E-state index contributed by atoms with van der Waals surface area (Å²) in [4.78, 5) is 12.6. The summed E-state index contributed by atoms with van der Waals surface area (Å²) in [5.41, 5.74) is 3.96. The molecule has 0 unspecified atom stereocenters. The van der Waals surface area contributed by atoms with Crippen molar-refractivity contribution in [2.45, 2.75) is 26.8 Å². The van der Waals surface area contributed by atoms with Gasteiger partial charge in [0.1, 0.15) is 5.69 Å². The Balaban J connectivity index is 2.24. The van der Waals surface area contributed by atoms with Gasteiger partial charge in [-0.1, -0.05) is 23.8 Å². The van der Waals surface area contributed by atoms with Crippen LogP contribution in [0.3, 0.4) is 0 Å². The Kier molecular flexibility index (Phi) is 5.31. The number of methoxy groups -OCH3 is 1. The lowest BCUT2D eigenvalue weighted by molar-refractivity contribution is 0.0978. The van der Waals surface area contributed by atoms with Crippen LogP contribution in [0.2, 0.25) is 0 Å². The number of hydrogen-bond acceptors (Lipinski definition) is 3. The van der Waals surface area contributed by atoms with Crippen LogP contribution in [0, 0.1) is 13.8 Å². The zero-order valence-corrected chi connectivity index (χ0v) is 14.1. The number of aromatic nitrogens is 2. The van der Waals surface area contributed by atoms with E-state index in [1.165, 1.54) is 0 Å². The summed E-state index contributed by atoms with van der Waals surface area (Å²) in [7, 11) is 1.64. The molecule has 2 rings (SSSR count). The number of carbonyl (C=O) groups is 1. The van der Waals surface area contributed by atoms with Crippen molar-refractivity contribution in [3.05, 3.63) is 51.3 Å². The third-order valence-corrected chi connectivity index (χ3v) is 4.00. The zero-order chi connectivity index (χ0) is 15.4. The molecule has 0 saturated carbocycles. The van der Waals surface area contributed by atoms with Crippen LogP contribution >= 0.6 is 15.9 Å². The van der Waals surface area contributed by atoms with Gasteiger partial charge >= 0.3 is 0 Å². The van der Waals surface area contributed by atoms with Crippen molar-refractivity contribution in [1.29, 1.82) is 0 Å². The minimum Gasteiger partial charge on any atom is -0.383 e. The molecule has 2 aromatic rings. The summed E-state index contributed by atoms with van der Waals surface area (Å²) >= 11 is 3.41. The summed E-state index contributed by atoms with van der Waals surface area (Å²) in [5, 5.41) is 4.22. The largest absolute Gasteiger partial charge is 0.383 e. The molecule has 0 bridgehead atoms. The van der Waals surface area contributed by atoms with Crippen molar-refractivity contribution >= 4 is 21.7 Å². The van der Waals surface area contributed by atoms with E-state index in [-0.39, 0.29) is 5.78 Å². The molecule has 21 heavy (non-hydrogen) atoms. The van der Waals surface area contributed by atoms with E-state index in [1.54, 1.807) is 18.0 Å². The lowest BCUT2D eigenvalue weighted by Crippen LogP contribution is -2.16. The molecule has 5 heteroatoms. The summed E-state index contributed by atoms with van der Waals surface area (Å²) in [6.45, 7) is 5.15. The highest BCUT2D eigenvalue weighted by molar-refractivity contribution is 9.10. The molecule has 1 heterocycles. The number of benzene rings is 1. The molecule has 0 fully saturated rings. The van der Waals surface area contributed by atoms with Crippen molar-refractivity contribution in [2.24, 2.45) is 0 Å². The van der Waals surface area contributed by atoms with Gasteiger partial charge in [0.15, 0.2) is 5.78 Å². The van der Waals surface area contributed by atoms with Crippen LogP contribution in [0.5, 0.6) is 0 Å². The minimum atomic E-state index is 0.0594. The minimum absolute atomic E-state index is 0.0594. The monoisotopic (exact) mass is 350 g/mol. The van der Waals surface area contributed by atoms with Gasteiger partial charge in [-0.25, -0.2) is 0 Å². The van der Waals surface area contributed by atoms with Gasteiger partial charge in [-0.05, 0) is 40.9 Å². The lowest BCUT2D eigenvalue weighted by atomic mass is 10.00. The van der Waals surface area contributed by atoms with Crippen LogP contribution in [0.25, 0.3) is 0 Å². The standard InChI is InChI=1S/C16H19BrN2O2/c1-11-4-5-12(2)13(8-11)9-15(20)16-14(17)10-18-19(16)6-7-21-3/h4-5,8,10H,6-7,9H2,1-3H3. The number of halogens is 1. The molecule has 0 aliphatic carbocycles. The Morgan fingerprint density at radius 2 is 2.14 bits per heavy atom. The van der Waals surface area contributed by atoms with Crippen LogP contribution in [0.15, 0.2) is 28.9 Å². The van der Waals surface area contributed by atoms with Gasteiger partial charge in [0.05, 0.1) is 23.8 Å². The summed E-state index contributed by atoms with van der Waals surface area (Å²) in [6.07, 6.45) is 2.04. The molecule has 112 valence electrons. The molecule has 0 saturated heterocycles. The van der Waals surface area contributed by atoms with E-state index in [0.29, 0.717) is 25.3 Å². The second-order valence-corrected chi connectivity index (χ2v) is 5.94. The van der Waals surface area contributed by atoms with Gasteiger partial charge in [0, 0.05) is 13.5 Å². The predicted molar refractivity (Wildman–Crippen MR) is 85.8 cm³/mol. The Hall–Kier alpha value is -1.46. The SMILES string of the molecule is COCCn1ncc(Br)c1C(=O)Cc1cc(C)ccc1C. The maximum Gasteiger partial charge on any atom is 0.186 e. The molecule has 4 nitrogen and oxygen atoms in total. The van der Waals surface area contributed by atoms with E-state index < -0.39 is 0 Å². The second kappa shape index (κ2) is 7.00. The number of rotatable bonds is 6. The quantitative estimate of drug-likeness (QED) is 0.750. The molecule has 0 amide bonds. The van der Waals surface area contributed by atoms with Crippen molar-refractivity contribution in [3.63, 3.8) is 0 Å². The van der Waals surface area contributed by atoms with Gasteiger partial charge in [0.2, 0.25) is 0 Å². The third kappa shape index (κ3) is 3.80. The van der Waals surface area contributed by atoms with Crippen LogP contribution in [0.4, 0.5) is 0 Å². The maximum absolute atomic E-state index is 12.6. The van der Waals surface area contributed by atoms with Crippen LogP contribution in [0.1, 0.15) is 27.2 Å². The summed E-state index contributed by atoms with van der Waals surface area (Å²) in [6, 6.07) is 6.17. The van der Waals surface area contributed by atoms with Gasteiger partial charge in [0.25, 0.3) is 0 Å². The number of carbonyl (C=O) groups excluding carboxylic acids is 1. The van der Waals surface area contributed by atoms with E-state index in [0.717, 1.165) is 21.2 Å². The maximum atomic E-state index is 12.6. The molecule has 1 aromatic carbocycles. The van der Waals surface area contributed by atoms with Gasteiger partial charge in [-0.15, -0.1) is 0 Å². The highest BCUT2D eigenvalue weighted by Crippen LogP contribution is 2.20. The summed E-state index contributed by atoms with van der Waals surface area (Å²) in [5.74, 6) is 0.0594. The van der Waals surface area contributed by atoms with Crippen LogP contribution < -0.4 is 0 Å². The fourth-order valence-electron chi connectivity index (χ4n) is 2.23. The first-order valence-corrected chi connectivity index (χ1v) is 7.61. The van der Waals surface area contributed by atoms with Crippen molar-refractivity contribution in [3.8, 4) is 0 Å². The highest BCUT2D eigenvalue weighted by Gasteiger charge is 2.18. The molecule has 0 aliphatic heterocycles. The number of nitrogens with zero attached hydrogens (tertiary/aromatic N) is 2. The molecule has 0 spiro atoms. The van der Waals surface area contributed by atoms with Crippen molar-refractivity contribution < 1.29 is 9.53 Å². The Morgan fingerprint density at radius 1 is 1.38 bits per heavy atom. The van der Waals surface area contributed by atoms with E-state index in [1.807, 2.05) is 13.8 Å². The average molecular weight is 351 g/mol. The van der Waals surface area contributed by atoms with Crippen molar-refractivity contribution in [2.75, 3.05) is 13.7 Å². The predicted octanol–water partition coefficient (Wildman–Crippen LogP) is 3.33. The second-order valence-electron chi connectivity index (χ2n) is 5.09. The van der Waals surface area contributed by atoms with Crippen molar-refractivity contribution in [1.82, 2.24) is 9.78 Å². The Bertz CT molecular complexity index is 650. The van der Waals surface area contributed by atoms with Crippen LogP contribution in [-0.4, -0.2) is 29.3 Å². The molecule has 0 N–H and O–H groups in total.